The summed E-state index contributed by atoms with van der Waals surface area (Å²) < 4.78 is 63.8. The first-order valence-corrected chi connectivity index (χ1v) is 6.85. The van der Waals surface area contributed by atoms with Gasteiger partial charge in [-0.3, -0.25) is 4.79 Å². The van der Waals surface area contributed by atoms with Gasteiger partial charge in [0, 0.05) is 13.6 Å². The van der Waals surface area contributed by atoms with Crippen LogP contribution in [0.1, 0.15) is 6.92 Å². The summed E-state index contributed by atoms with van der Waals surface area (Å²) in [5.41, 5.74) is 0. The van der Waals surface area contributed by atoms with Gasteiger partial charge in [0.25, 0.3) is 0 Å². The Morgan fingerprint density at radius 1 is 1.30 bits per heavy atom. The van der Waals surface area contributed by atoms with Crippen LogP contribution in [0, 0.1) is 23.4 Å². The molecule has 0 saturated heterocycles. The van der Waals surface area contributed by atoms with Gasteiger partial charge in [0.1, 0.15) is 4.90 Å². The van der Waals surface area contributed by atoms with E-state index in [9.17, 15) is 26.4 Å². The smallest absolute Gasteiger partial charge is 0.307 e. The van der Waals surface area contributed by atoms with Crippen LogP contribution in [0.25, 0.3) is 0 Å². The van der Waals surface area contributed by atoms with E-state index < -0.39 is 50.8 Å². The zero-order valence-corrected chi connectivity index (χ0v) is 11.4. The molecule has 0 radical (unpaired) electrons. The molecule has 0 aromatic heterocycles. The van der Waals surface area contributed by atoms with E-state index in [4.69, 9.17) is 5.11 Å². The van der Waals surface area contributed by atoms with Crippen LogP contribution in [0.2, 0.25) is 0 Å². The maximum Gasteiger partial charge on any atom is 0.307 e. The lowest BCUT2D eigenvalue weighted by atomic mass is 10.2. The van der Waals surface area contributed by atoms with E-state index in [1.54, 1.807) is 0 Å². The average Bonchev–Trinajstić information content (AvgIpc) is 2.35. The highest BCUT2D eigenvalue weighted by Gasteiger charge is 2.29. The van der Waals surface area contributed by atoms with Gasteiger partial charge >= 0.3 is 5.97 Å². The van der Waals surface area contributed by atoms with E-state index in [2.05, 4.69) is 0 Å². The topological polar surface area (TPSA) is 74.7 Å². The minimum Gasteiger partial charge on any atom is -0.481 e. The number of carboxylic acid groups (broad SMARTS) is 1. The number of sulfonamides is 1. The SMILES string of the molecule is CC(CN(C)S(=O)(=O)c1ccc(F)c(F)c1F)C(=O)O. The Morgan fingerprint density at radius 3 is 2.35 bits per heavy atom. The molecule has 0 fully saturated rings. The molecule has 1 unspecified atom stereocenters. The van der Waals surface area contributed by atoms with Crippen LogP contribution < -0.4 is 0 Å². The van der Waals surface area contributed by atoms with E-state index in [0.29, 0.717) is 16.4 Å². The van der Waals surface area contributed by atoms with Crippen LogP contribution in [-0.2, 0) is 14.8 Å². The summed E-state index contributed by atoms with van der Waals surface area (Å²) in [6.07, 6.45) is 0. The Kier molecular flexibility index (Phi) is 4.77. The Morgan fingerprint density at radius 2 is 1.85 bits per heavy atom. The van der Waals surface area contributed by atoms with Crippen molar-refractivity contribution < 1.29 is 31.5 Å². The first kappa shape index (κ1) is 16.4. The molecule has 1 rings (SSSR count). The maximum absolute atomic E-state index is 13.5. The molecule has 0 bridgehead atoms. The van der Waals surface area contributed by atoms with Crippen LogP contribution in [0.3, 0.4) is 0 Å². The number of carboxylic acids is 1. The normalized spacial score (nSPS) is 13.5. The molecule has 1 N–H and O–H groups in total. The molecule has 9 heteroatoms. The highest BCUT2D eigenvalue weighted by atomic mass is 32.2. The summed E-state index contributed by atoms with van der Waals surface area (Å²) in [6, 6.07) is 1.07. The lowest BCUT2D eigenvalue weighted by Gasteiger charge is -2.19. The summed E-state index contributed by atoms with van der Waals surface area (Å²) in [4.78, 5) is 9.61. The molecule has 0 aliphatic heterocycles. The van der Waals surface area contributed by atoms with E-state index >= 15 is 0 Å². The Bertz CT molecular complexity index is 633. The van der Waals surface area contributed by atoms with E-state index in [0.717, 1.165) is 7.05 Å². The molecule has 0 aliphatic rings. The van der Waals surface area contributed by atoms with Crippen molar-refractivity contribution in [3.05, 3.63) is 29.6 Å². The number of nitrogens with zero attached hydrogens (tertiary/aromatic N) is 1. The van der Waals surface area contributed by atoms with E-state index in [1.165, 1.54) is 6.92 Å². The molecule has 5 nitrogen and oxygen atoms in total. The molecule has 0 heterocycles. The lowest BCUT2D eigenvalue weighted by Crippen LogP contribution is -2.34. The van der Waals surface area contributed by atoms with Crippen molar-refractivity contribution in [1.29, 1.82) is 0 Å². The number of rotatable bonds is 5. The van der Waals surface area contributed by atoms with Crippen LogP contribution in [0.15, 0.2) is 17.0 Å². The highest BCUT2D eigenvalue weighted by Crippen LogP contribution is 2.22. The van der Waals surface area contributed by atoms with Gasteiger partial charge in [-0.05, 0) is 12.1 Å². The third-order valence-electron chi connectivity index (χ3n) is 2.64. The zero-order chi connectivity index (χ0) is 15.7. The van der Waals surface area contributed by atoms with Crippen LogP contribution in [0.5, 0.6) is 0 Å². The van der Waals surface area contributed by atoms with Crippen molar-refractivity contribution >= 4 is 16.0 Å². The summed E-state index contributed by atoms with van der Waals surface area (Å²) in [5, 5.41) is 8.70. The summed E-state index contributed by atoms with van der Waals surface area (Å²) in [7, 11) is -3.43. The largest absolute Gasteiger partial charge is 0.481 e. The average molecular weight is 311 g/mol. The fourth-order valence-corrected chi connectivity index (χ4v) is 2.75. The minimum atomic E-state index is -4.45. The van der Waals surface area contributed by atoms with Crippen molar-refractivity contribution in [3.8, 4) is 0 Å². The molecule has 0 aliphatic carbocycles. The van der Waals surface area contributed by atoms with Gasteiger partial charge in [-0.15, -0.1) is 0 Å². The van der Waals surface area contributed by atoms with Crippen molar-refractivity contribution in [2.24, 2.45) is 5.92 Å². The summed E-state index contributed by atoms with van der Waals surface area (Å²) in [6.45, 7) is 0.825. The standard InChI is InChI=1S/C11H12F3NO4S/c1-6(11(16)17)5-15(2)20(18,19)8-4-3-7(12)9(13)10(8)14/h3-4,6H,5H2,1-2H3,(H,16,17). The molecular formula is C11H12F3NO4S. The second-order valence-electron chi connectivity index (χ2n) is 4.20. The van der Waals surface area contributed by atoms with Crippen molar-refractivity contribution in [2.45, 2.75) is 11.8 Å². The van der Waals surface area contributed by atoms with Gasteiger partial charge < -0.3 is 5.11 Å². The monoisotopic (exact) mass is 311 g/mol. The van der Waals surface area contributed by atoms with E-state index in [1.807, 2.05) is 0 Å². The number of halogens is 3. The predicted octanol–water partition coefficient (Wildman–Crippen LogP) is 1.45. The third kappa shape index (κ3) is 3.10. The van der Waals surface area contributed by atoms with Gasteiger partial charge in [0.2, 0.25) is 10.0 Å². The molecule has 0 amide bonds. The molecule has 0 saturated carbocycles. The highest BCUT2D eigenvalue weighted by molar-refractivity contribution is 7.89. The van der Waals surface area contributed by atoms with Crippen LogP contribution >= 0.6 is 0 Å². The molecule has 1 atom stereocenters. The van der Waals surface area contributed by atoms with Gasteiger partial charge in [-0.1, -0.05) is 6.92 Å². The molecule has 1 aromatic rings. The first-order chi connectivity index (χ1) is 9.09. The molecule has 20 heavy (non-hydrogen) atoms. The van der Waals surface area contributed by atoms with Crippen molar-refractivity contribution in [2.75, 3.05) is 13.6 Å². The van der Waals surface area contributed by atoms with Gasteiger partial charge in [-0.25, -0.2) is 21.6 Å². The van der Waals surface area contributed by atoms with E-state index in [-0.39, 0.29) is 0 Å². The van der Waals surface area contributed by atoms with Crippen LogP contribution in [0.4, 0.5) is 13.2 Å². The van der Waals surface area contributed by atoms with Crippen LogP contribution in [-0.4, -0.2) is 37.4 Å². The Labute approximate surface area is 113 Å². The van der Waals surface area contributed by atoms with Gasteiger partial charge in [0.15, 0.2) is 17.5 Å². The summed E-state index contributed by atoms with van der Waals surface area (Å²) >= 11 is 0. The second-order valence-corrected chi connectivity index (χ2v) is 6.21. The number of benzene rings is 1. The van der Waals surface area contributed by atoms with Crippen molar-refractivity contribution in [1.82, 2.24) is 4.31 Å². The number of aliphatic carboxylic acids is 1. The molecule has 112 valence electrons. The maximum atomic E-state index is 13.5. The van der Waals surface area contributed by atoms with Gasteiger partial charge in [-0.2, -0.15) is 4.31 Å². The number of hydrogen-bond acceptors (Lipinski definition) is 3. The molecule has 1 aromatic carbocycles. The molecular weight excluding hydrogens is 299 g/mol. The zero-order valence-electron chi connectivity index (χ0n) is 10.6. The Hall–Kier alpha value is -1.61. The third-order valence-corrected chi connectivity index (χ3v) is 4.48. The quantitative estimate of drug-likeness (QED) is 0.835. The van der Waals surface area contributed by atoms with Gasteiger partial charge in [0.05, 0.1) is 5.92 Å². The first-order valence-electron chi connectivity index (χ1n) is 5.41. The lowest BCUT2D eigenvalue weighted by molar-refractivity contribution is -0.141. The fraction of sp³-hybridized carbons (Fsp3) is 0.364. The number of carbonyl (C=O) groups is 1. The molecule has 0 spiro atoms. The minimum absolute atomic E-state index is 0.434. The number of hydrogen-bond donors (Lipinski definition) is 1. The Balaban J connectivity index is 3.18. The summed E-state index contributed by atoms with van der Waals surface area (Å²) in [5.74, 6) is -7.52. The van der Waals surface area contributed by atoms with Crippen molar-refractivity contribution in [3.63, 3.8) is 0 Å². The second kappa shape index (κ2) is 5.80. The fourth-order valence-electron chi connectivity index (χ4n) is 1.44. The predicted molar refractivity (Wildman–Crippen MR) is 62.9 cm³/mol.